The van der Waals surface area contributed by atoms with Crippen molar-refractivity contribution in [2.75, 3.05) is 5.73 Å². The van der Waals surface area contributed by atoms with Gasteiger partial charge in [0.25, 0.3) is 0 Å². The third-order valence-corrected chi connectivity index (χ3v) is 2.37. The highest BCUT2D eigenvalue weighted by Gasteiger charge is 2.07. The number of rotatable bonds is 1. The summed E-state index contributed by atoms with van der Waals surface area (Å²) in [6.07, 6.45) is 0.765. The predicted molar refractivity (Wildman–Crippen MR) is 55.3 cm³/mol. The molecule has 0 saturated heterocycles. The van der Waals surface area contributed by atoms with Gasteiger partial charge in [-0.1, -0.05) is 0 Å². The molecule has 0 fully saturated rings. The first-order valence-corrected chi connectivity index (χ1v) is 4.31. The molecule has 14 heavy (non-hydrogen) atoms. The smallest absolute Gasteiger partial charge is 0.152 e. The average Bonchev–Trinajstić information content (AvgIpc) is 2.41. The van der Waals surface area contributed by atoms with E-state index in [9.17, 15) is 4.79 Å². The first kappa shape index (κ1) is 8.74. The van der Waals surface area contributed by atoms with E-state index in [-0.39, 0.29) is 0 Å². The Hall–Kier alpha value is -1.84. The number of aryl methyl sites for hydroxylation is 2. The van der Waals surface area contributed by atoms with E-state index in [2.05, 4.69) is 5.10 Å². The SMILES string of the molecule is Cc1nn(C)c2cc(N)c(C=O)cc12. The average molecular weight is 189 g/mol. The molecular weight excluding hydrogens is 178 g/mol. The number of aldehydes is 1. The van der Waals surface area contributed by atoms with E-state index < -0.39 is 0 Å². The third kappa shape index (κ3) is 1.08. The zero-order chi connectivity index (χ0) is 10.3. The first-order valence-electron chi connectivity index (χ1n) is 4.31. The van der Waals surface area contributed by atoms with Crippen molar-refractivity contribution in [3.05, 3.63) is 23.4 Å². The Balaban J connectivity index is 2.88. The van der Waals surface area contributed by atoms with Crippen molar-refractivity contribution in [2.45, 2.75) is 6.92 Å². The van der Waals surface area contributed by atoms with Gasteiger partial charge in [-0.15, -0.1) is 0 Å². The van der Waals surface area contributed by atoms with Gasteiger partial charge in [-0.3, -0.25) is 9.48 Å². The highest BCUT2D eigenvalue weighted by molar-refractivity contribution is 5.94. The Labute approximate surface area is 81.3 Å². The van der Waals surface area contributed by atoms with Crippen LogP contribution in [0.25, 0.3) is 10.9 Å². The van der Waals surface area contributed by atoms with Crippen molar-refractivity contribution in [1.29, 1.82) is 0 Å². The highest BCUT2D eigenvalue weighted by atomic mass is 16.1. The van der Waals surface area contributed by atoms with Gasteiger partial charge in [0, 0.05) is 23.7 Å². The number of hydrogen-bond acceptors (Lipinski definition) is 3. The van der Waals surface area contributed by atoms with Crippen LogP contribution in [0.5, 0.6) is 0 Å². The van der Waals surface area contributed by atoms with Gasteiger partial charge < -0.3 is 5.73 Å². The van der Waals surface area contributed by atoms with Crippen LogP contribution in [0.3, 0.4) is 0 Å². The summed E-state index contributed by atoms with van der Waals surface area (Å²) in [7, 11) is 1.86. The Morgan fingerprint density at radius 3 is 2.86 bits per heavy atom. The minimum atomic E-state index is 0.496. The standard InChI is InChI=1S/C10H11N3O/c1-6-8-3-7(5-14)9(11)4-10(8)13(2)12-6/h3-5H,11H2,1-2H3. The largest absolute Gasteiger partial charge is 0.398 e. The highest BCUT2D eigenvalue weighted by Crippen LogP contribution is 2.22. The molecule has 0 aliphatic rings. The lowest BCUT2D eigenvalue weighted by molar-refractivity contribution is 0.112. The molecule has 1 heterocycles. The number of hydrogen-bond donors (Lipinski definition) is 1. The van der Waals surface area contributed by atoms with Gasteiger partial charge in [-0.05, 0) is 19.1 Å². The normalized spacial score (nSPS) is 10.7. The Morgan fingerprint density at radius 2 is 2.21 bits per heavy atom. The van der Waals surface area contributed by atoms with Crippen LogP contribution in [0.2, 0.25) is 0 Å². The lowest BCUT2D eigenvalue weighted by Gasteiger charge is -1.99. The molecule has 0 aliphatic heterocycles. The van der Waals surface area contributed by atoms with Gasteiger partial charge >= 0.3 is 0 Å². The molecule has 4 nitrogen and oxygen atoms in total. The molecular formula is C10H11N3O. The van der Waals surface area contributed by atoms with Crippen molar-refractivity contribution >= 4 is 22.9 Å². The van der Waals surface area contributed by atoms with E-state index in [1.165, 1.54) is 0 Å². The molecule has 4 heteroatoms. The fraction of sp³-hybridized carbons (Fsp3) is 0.200. The van der Waals surface area contributed by atoms with Crippen LogP contribution in [0.15, 0.2) is 12.1 Å². The quantitative estimate of drug-likeness (QED) is 0.543. The molecule has 1 aromatic heterocycles. The monoisotopic (exact) mass is 189 g/mol. The summed E-state index contributed by atoms with van der Waals surface area (Å²) in [5.74, 6) is 0. The number of carbonyl (C=O) groups excluding carboxylic acids is 1. The van der Waals surface area contributed by atoms with E-state index in [0.717, 1.165) is 22.9 Å². The number of nitrogen functional groups attached to an aromatic ring is 1. The minimum Gasteiger partial charge on any atom is -0.398 e. The van der Waals surface area contributed by atoms with Crippen LogP contribution >= 0.6 is 0 Å². The maximum atomic E-state index is 10.7. The summed E-state index contributed by atoms with van der Waals surface area (Å²) in [6, 6.07) is 3.55. The van der Waals surface area contributed by atoms with Gasteiger partial charge in [0.2, 0.25) is 0 Å². The fourth-order valence-corrected chi connectivity index (χ4v) is 1.61. The molecule has 0 spiro atoms. The number of fused-ring (bicyclic) bond motifs is 1. The number of aromatic nitrogens is 2. The fourth-order valence-electron chi connectivity index (χ4n) is 1.61. The van der Waals surface area contributed by atoms with E-state index in [0.29, 0.717) is 11.3 Å². The second kappa shape index (κ2) is 2.83. The van der Waals surface area contributed by atoms with Gasteiger partial charge in [-0.25, -0.2) is 0 Å². The summed E-state index contributed by atoms with van der Waals surface area (Å²) in [4.78, 5) is 10.7. The molecule has 0 aliphatic carbocycles. The number of nitrogens with two attached hydrogens (primary N) is 1. The molecule has 0 unspecified atom stereocenters. The maximum absolute atomic E-state index is 10.7. The lowest BCUT2D eigenvalue weighted by Crippen LogP contribution is -1.94. The number of nitrogens with zero attached hydrogens (tertiary/aromatic N) is 2. The van der Waals surface area contributed by atoms with Gasteiger partial charge in [-0.2, -0.15) is 5.10 Å². The minimum absolute atomic E-state index is 0.496. The van der Waals surface area contributed by atoms with Crippen LogP contribution < -0.4 is 5.73 Å². The van der Waals surface area contributed by atoms with Crippen molar-refractivity contribution in [2.24, 2.45) is 7.05 Å². The number of carbonyl (C=O) groups is 1. The lowest BCUT2D eigenvalue weighted by atomic mass is 10.1. The third-order valence-electron chi connectivity index (χ3n) is 2.37. The molecule has 2 rings (SSSR count). The predicted octanol–water partition coefficient (Wildman–Crippen LogP) is 1.28. The summed E-state index contributed by atoms with van der Waals surface area (Å²) < 4.78 is 1.76. The molecule has 72 valence electrons. The second-order valence-corrected chi connectivity index (χ2v) is 3.33. The molecule has 0 radical (unpaired) electrons. The molecule has 0 saturated carbocycles. The number of benzene rings is 1. The van der Waals surface area contributed by atoms with Crippen LogP contribution in [-0.2, 0) is 7.05 Å². The van der Waals surface area contributed by atoms with E-state index in [4.69, 9.17) is 5.73 Å². The van der Waals surface area contributed by atoms with Crippen molar-refractivity contribution in [3.63, 3.8) is 0 Å². The van der Waals surface area contributed by atoms with Gasteiger partial charge in [0.15, 0.2) is 6.29 Å². The summed E-state index contributed by atoms with van der Waals surface area (Å²) >= 11 is 0. The number of anilines is 1. The van der Waals surface area contributed by atoms with Crippen LogP contribution in [0.4, 0.5) is 5.69 Å². The van der Waals surface area contributed by atoms with E-state index in [1.54, 1.807) is 16.8 Å². The molecule has 0 bridgehead atoms. The molecule has 1 aromatic carbocycles. The van der Waals surface area contributed by atoms with Crippen molar-refractivity contribution in [3.8, 4) is 0 Å². The molecule has 0 amide bonds. The second-order valence-electron chi connectivity index (χ2n) is 3.33. The van der Waals surface area contributed by atoms with Crippen molar-refractivity contribution in [1.82, 2.24) is 9.78 Å². The van der Waals surface area contributed by atoms with Crippen molar-refractivity contribution < 1.29 is 4.79 Å². The maximum Gasteiger partial charge on any atom is 0.152 e. The van der Waals surface area contributed by atoms with Crippen LogP contribution in [0, 0.1) is 6.92 Å². The van der Waals surface area contributed by atoms with E-state index >= 15 is 0 Å². The Morgan fingerprint density at radius 1 is 1.50 bits per heavy atom. The van der Waals surface area contributed by atoms with Crippen LogP contribution in [-0.4, -0.2) is 16.1 Å². The zero-order valence-electron chi connectivity index (χ0n) is 8.11. The van der Waals surface area contributed by atoms with Crippen LogP contribution in [0.1, 0.15) is 16.1 Å². The summed E-state index contributed by atoms with van der Waals surface area (Å²) in [5.41, 5.74) is 8.58. The molecule has 2 N–H and O–H groups in total. The Kier molecular flexibility index (Phi) is 1.77. The Bertz CT molecular complexity index is 514. The molecule has 2 aromatic rings. The van der Waals surface area contributed by atoms with Gasteiger partial charge in [0.1, 0.15) is 0 Å². The molecule has 0 atom stereocenters. The first-order chi connectivity index (χ1) is 6.63. The summed E-state index contributed by atoms with van der Waals surface area (Å²) in [5, 5.41) is 5.23. The van der Waals surface area contributed by atoms with E-state index in [1.807, 2.05) is 14.0 Å². The summed E-state index contributed by atoms with van der Waals surface area (Å²) in [6.45, 7) is 1.91. The zero-order valence-corrected chi connectivity index (χ0v) is 8.11. The van der Waals surface area contributed by atoms with Gasteiger partial charge in [0.05, 0.1) is 11.2 Å². The topological polar surface area (TPSA) is 60.9 Å².